The van der Waals surface area contributed by atoms with Gasteiger partial charge >= 0.3 is 0 Å². The van der Waals surface area contributed by atoms with Crippen molar-refractivity contribution in [2.24, 2.45) is 17.8 Å². The van der Waals surface area contributed by atoms with Gasteiger partial charge in [0.15, 0.2) is 11.0 Å². The van der Waals surface area contributed by atoms with Gasteiger partial charge in [-0.2, -0.15) is 0 Å². The van der Waals surface area contributed by atoms with Crippen LogP contribution in [0.15, 0.2) is 52.5 Å². The van der Waals surface area contributed by atoms with E-state index in [9.17, 15) is 4.79 Å². The summed E-state index contributed by atoms with van der Waals surface area (Å²) in [5.74, 6) is 4.05. The van der Waals surface area contributed by atoms with Crippen molar-refractivity contribution in [2.75, 3.05) is 0 Å². The van der Waals surface area contributed by atoms with E-state index in [0.29, 0.717) is 11.7 Å². The quantitative estimate of drug-likeness (QED) is 0.518. The van der Waals surface area contributed by atoms with Crippen molar-refractivity contribution in [1.82, 2.24) is 25.1 Å². The Balaban J connectivity index is 1.21. The molecule has 4 fully saturated rings. The first-order chi connectivity index (χ1) is 16.1. The minimum absolute atomic E-state index is 0.0172. The number of rotatable bonds is 7. The third-order valence-electron chi connectivity index (χ3n) is 7.61. The van der Waals surface area contributed by atoms with Crippen LogP contribution >= 0.6 is 11.8 Å². The van der Waals surface area contributed by atoms with Crippen molar-refractivity contribution >= 4 is 17.7 Å². The van der Waals surface area contributed by atoms with Gasteiger partial charge in [-0.05, 0) is 87.5 Å². The Morgan fingerprint density at radius 3 is 2.58 bits per heavy atom. The van der Waals surface area contributed by atoms with E-state index in [1.54, 1.807) is 18.7 Å². The zero-order valence-corrected chi connectivity index (χ0v) is 19.6. The van der Waals surface area contributed by atoms with Crippen molar-refractivity contribution in [3.8, 4) is 11.4 Å². The Kier molecular flexibility index (Phi) is 5.28. The molecule has 4 bridgehead atoms. The Labute approximate surface area is 197 Å². The molecule has 1 atom stereocenters. The second-order valence-corrected chi connectivity index (χ2v) is 11.5. The van der Waals surface area contributed by atoms with E-state index in [4.69, 9.17) is 4.42 Å². The number of hydrogen-bond acceptors (Lipinski definition) is 6. The maximum Gasteiger partial charge on any atom is 0.233 e. The molecule has 3 aromatic rings. The minimum Gasteiger partial charge on any atom is -0.467 e. The van der Waals surface area contributed by atoms with Gasteiger partial charge in [-0.1, -0.05) is 11.8 Å². The fourth-order valence-corrected chi connectivity index (χ4v) is 7.47. The predicted octanol–water partition coefficient (Wildman–Crippen LogP) is 4.55. The van der Waals surface area contributed by atoms with Crippen LogP contribution in [0, 0.1) is 17.8 Å². The molecule has 0 aliphatic heterocycles. The SMILES string of the molecule is CC(Sc1nnc(-c2cccnc2)n1Cc1ccco1)C(=O)NC12CC3CC(CC(C3)C1)C2. The first kappa shape index (κ1) is 21.0. The molecule has 0 saturated heterocycles. The highest BCUT2D eigenvalue weighted by Crippen LogP contribution is 2.55. The van der Waals surface area contributed by atoms with E-state index in [-0.39, 0.29) is 16.7 Å². The molecule has 7 nitrogen and oxygen atoms in total. The predicted molar refractivity (Wildman–Crippen MR) is 125 cm³/mol. The molecular weight excluding hydrogens is 434 g/mol. The highest BCUT2D eigenvalue weighted by atomic mass is 32.2. The van der Waals surface area contributed by atoms with Crippen molar-refractivity contribution < 1.29 is 9.21 Å². The molecule has 1 unspecified atom stereocenters. The topological polar surface area (TPSA) is 85.8 Å². The third kappa shape index (κ3) is 4.09. The first-order valence-electron chi connectivity index (χ1n) is 11.9. The standard InChI is InChI=1S/C25H29N5O2S/c1-16(23(31)27-25-11-17-8-18(12-25)10-19(9-17)13-25)33-24-29-28-22(20-4-2-6-26-14-20)30(24)15-21-5-3-7-32-21/h2-7,14,16-19H,8-13,15H2,1H3,(H,27,31). The average molecular weight is 464 g/mol. The van der Waals surface area contributed by atoms with E-state index in [1.807, 2.05) is 35.8 Å². The molecular formula is C25H29N5O2S. The van der Waals surface area contributed by atoms with Gasteiger partial charge in [0.2, 0.25) is 5.91 Å². The Morgan fingerprint density at radius 1 is 1.18 bits per heavy atom. The average Bonchev–Trinajstić information content (AvgIpc) is 3.44. The number of aromatic nitrogens is 4. The largest absolute Gasteiger partial charge is 0.467 e. The second kappa shape index (κ2) is 8.31. The van der Waals surface area contributed by atoms with Crippen LogP contribution in [0.2, 0.25) is 0 Å². The van der Waals surface area contributed by atoms with Crippen LogP contribution in [-0.4, -0.2) is 36.4 Å². The van der Waals surface area contributed by atoms with E-state index >= 15 is 0 Å². The Hall–Kier alpha value is -2.61. The van der Waals surface area contributed by atoms with Gasteiger partial charge in [0.05, 0.1) is 18.1 Å². The normalized spacial score (nSPS) is 28.7. The van der Waals surface area contributed by atoms with Gasteiger partial charge in [0.1, 0.15) is 5.76 Å². The lowest BCUT2D eigenvalue weighted by molar-refractivity contribution is -0.126. The van der Waals surface area contributed by atoms with Gasteiger partial charge in [0.25, 0.3) is 0 Å². The summed E-state index contributed by atoms with van der Waals surface area (Å²) < 4.78 is 7.59. The summed E-state index contributed by atoms with van der Waals surface area (Å²) in [7, 11) is 0. The maximum absolute atomic E-state index is 13.3. The molecule has 0 spiro atoms. The lowest BCUT2D eigenvalue weighted by atomic mass is 9.53. The van der Waals surface area contributed by atoms with Crippen LogP contribution in [0.3, 0.4) is 0 Å². The first-order valence-corrected chi connectivity index (χ1v) is 12.8. The number of amides is 1. The highest BCUT2D eigenvalue weighted by molar-refractivity contribution is 8.00. The van der Waals surface area contributed by atoms with E-state index in [2.05, 4.69) is 20.5 Å². The fourth-order valence-electron chi connectivity index (χ4n) is 6.62. The molecule has 3 aromatic heterocycles. The fraction of sp³-hybridized carbons (Fsp3) is 0.520. The van der Waals surface area contributed by atoms with Crippen LogP contribution in [0.4, 0.5) is 0 Å². The Morgan fingerprint density at radius 2 is 1.94 bits per heavy atom. The number of furan rings is 1. The minimum atomic E-state index is -0.265. The van der Waals surface area contributed by atoms with Crippen molar-refractivity contribution in [2.45, 2.75) is 67.9 Å². The Bertz CT molecular complexity index is 1090. The smallest absolute Gasteiger partial charge is 0.233 e. The molecule has 7 rings (SSSR count). The number of nitrogens with one attached hydrogen (secondary N) is 1. The van der Waals surface area contributed by atoms with Crippen LogP contribution in [0.5, 0.6) is 0 Å². The number of hydrogen-bond donors (Lipinski definition) is 1. The van der Waals surface area contributed by atoms with Crippen LogP contribution < -0.4 is 5.32 Å². The number of nitrogens with zero attached hydrogens (tertiary/aromatic N) is 4. The van der Waals surface area contributed by atoms with Gasteiger partial charge in [-0.3, -0.25) is 14.3 Å². The van der Waals surface area contributed by atoms with E-state index in [1.165, 1.54) is 31.0 Å². The summed E-state index contributed by atoms with van der Waals surface area (Å²) in [6.45, 7) is 2.46. The molecule has 3 heterocycles. The van der Waals surface area contributed by atoms with E-state index in [0.717, 1.165) is 54.2 Å². The summed E-state index contributed by atoms with van der Waals surface area (Å²) >= 11 is 1.46. The van der Waals surface area contributed by atoms with Crippen LogP contribution in [0.25, 0.3) is 11.4 Å². The number of pyridine rings is 1. The number of carbonyl (C=O) groups is 1. The maximum atomic E-state index is 13.3. The molecule has 1 N–H and O–H groups in total. The summed E-state index contributed by atoms with van der Waals surface area (Å²) in [6.07, 6.45) is 12.7. The van der Waals surface area contributed by atoms with Crippen molar-refractivity contribution in [3.63, 3.8) is 0 Å². The molecule has 4 aliphatic carbocycles. The molecule has 0 radical (unpaired) electrons. The zero-order chi connectivity index (χ0) is 22.4. The van der Waals surface area contributed by atoms with Gasteiger partial charge < -0.3 is 9.73 Å². The summed E-state index contributed by atoms with van der Waals surface area (Å²) in [4.78, 5) is 17.5. The van der Waals surface area contributed by atoms with Gasteiger partial charge in [-0.15, -0.1) is 10.2 Å². The zero-order valence-electron chi connectivity index (χ0n) is 18.8. The van der Waals surface area contributed by atoms with Crippen LogP contribution in [-0.2, 0) is 11.3 Å². The lowest BCUT2D eigenvalue weighted by Gasteiger charge is -2.57. The molecule has 33 heavy (non-hydrogen) atoms. The van der Waals surface area contributed by atoms with Gasteiger partial charge in [0, 0.05) is 23.5 Å². The summed E-state index contributed by atoms with van der Waals surface area (Å²) in [6, 6.07) is 7.66. The van der Waals surface area contributed by atoms with Crippen molar-refractivity contribution in [1.29, 1.82) is 0 Å². The molecule has 0 aromatic carbocycles. The molecule has 1 amide bonds. The van der Waals surface area contributed by atoms with E-state index < -0.39 is 0 Å². The second-order valence-electron chi connectivity index (χ2n) is 10.2. The number of carbonyl (C=O) groups excluding carboxylic acids is 1. The third-order valence-corrected chi connectivity index (χ3v) is 8.69. The lowest BCUT2D eigenvalue weighted by Crippen LogP contribution is -2.60. The molecule has 4 aliphatic rings. The molecule has 8 heteroatoms. The number of thioether (sulfide) groups is 1. The van der Waals surface area contributed by atoms with Crippen molar-refractivity contribution in [3.05, 3.63) is 48.7 Å². The van der Waals surface area contributed by atoms with Gasteiger partial charge in [-0.25, -0.2) is 0 Å². The molecule has 4 saturated carbocycles. The summed E-state index contributed by atoms with van der Waals surface area (Å²) in [5.41, 5.74) is 0.901. The summed E-state index contributed by atoms with van der Waals surface area (Å²) in [5, 5.41) is 12.8. The highest BCUT2D eigenvalue weighted by Gasteiger charge is 2.51. The monoisotopic (exact) mass is 463 g/mol. The van der Waals surface area contributed by atoms with Crippen LogP contribution in [0.1, 0.15) is 51.2 Å². The molecule has 172 valence electrons.